The van der Waals surface area contributed by atoms with Crippen LogP contribution in [-0.4, -0.2) is 105 Å². The number of aliphatic carboxylic acids is 1. The molecule has 2 heterocycles. The topological polar surface area (TPSA) is 166 Å². The molecule has 2 aromatic rings. The van der Waals surface area contributed by atoms with Crippen molar-refractivity contribution in [2.75, 3.05) is 32.8 Å². The van der Waals surface area contributed by atoms with E-state index < -0.39 is 37.0 Å². The zero-order valence-electron chi connectivity index (χ0n) is 18.4. The average Bonchev–Trinajstić information content (AvgIpc) is 3.04. The lowest BCUT2D eigenvalue weighted by Crippen LogP contribution is -2.48. The van der Waals surface area contributed by atoms with E-state index >= 15 is 0 Å². The SMILES string of the molecule is O=C(O)[C@H](O)[C@H](O)[C@H](O)[C@@H](O)CO.c1ccc2c(c1)N=C(N1CCNCC1)c1ccccc1S2. The van der Waals surface area contributed by atoms with Crippen LogP contribution in [0.2, 0.25) is 0 Å². The molecular formula is C23H29N3O7S. The minimum Gasteiger partial charge on any atom is -0.479 e. The van der Waals surface area contributed by atoms with Crippen molar-refractivity contribution in [3.63, 3.8) is 0 Å². The number of amidine groups is 1. The molecule has 2 aliphatic heterocycles. The van der Waals surface area contributed by atoms with Crippen LogP contribution in [-0.2, 0) is 4.79 Å². The lowest BCUT2D eigenvalue weighted by Gasteiger charge is -2.30. The molecule has 0 radical (unpaired) electrons. The number of rotatable bonds is 5. The second-order valence-corrected chi connectivity index (χ2v) is 8.84. The lowest BCUT2D eigenvalue weighted by molar-refractivity contribution is -0.164. The molecule has 11 heteroatoms. The van der Waals surface area contributed by atoms with Crippen LogP contribution in [0, 0.1) is 0 Å². The van der Waals surface area contributed by atoms with Crippen LogP contribution in [0.25, 0.3) is 0 Å². The Kier molecular flexibility index (Phi) is 9.42. The first-order valence-electron chi connectivity index (χ1n) is 10.8. The van der Waals surface area contributed by atoms with E-state index in [1.165, 1.54) is 15.4 Å². The highest BCUT2D eigenvalue weighted by Gasteiger charge is 2.33. The maximum atomic E-state index is 10.1. The lowest BCUT2D eigenvalue weighted by atomic mass is 10.0. The number of piperazine rings is 1. The number of benzene rings is 2. The van der Waals surface area contributed by atoms with Gasteiger partial charge in [0.2, 0.25) is 0 Å². The smallest absolute Gasteiger partial charge is 0.335 e. The van der Waals surface area contributed by atoms with E-state index in [-0.39, 0.29) is 0 Å². The number of aliphatic imine (C=N–C) groups is 1. The Labute approximate surface area is 201 Å². The maximum absolute atomic E-state index is 10.1. The van der Waals surface area contributed by atoms with Crippen molar-refractivity contribution in [2.24, 2.45) is 4.99 Å². The third-order valence-corrected chi connectivity index (χ3v) is 6.50. The summed E-state index contributed by atoms with van der Waals surface area (Å²) in [7, 11) is 0. The molecule has 0 aliphatic carbocycles. The summed E-state index contributed by atoms with van der Waals surface area (Å²) in [5.74, 6) is -0.610. The summed E-state index contributed by atoms with van der Waals surface area (Å²) in [6, 6.07) is 17.0. The minimum atomic E-state index is -2.20. The molecule has 0 aromatic heterocycles. The Balaban J connectivity index is 0.000000218. The summed E-state index contributed by atoms with van der Waals surface area (Å²) in [5, 5.41) is 55.2. The number of carboxylic acid groups (broad SMARTS) is 1. The fourth-order valence-electron chi connectivity index (χ4n) is 3.46. The van der Waals surface area contributed by atoms with Crippen molar-refractivity contribution in [1.82, 2.24) is 10.2 Å². The normalized spacial score (nSPS) is 18.6. The number of nitrogens with one attached hydrogen (secondary N) is 1. The molecule has 0 amide bonds. The third-order valence-electron chi connectivity index (χ3n) is 5.36. The minimum absolute atomic E-state index is 0.843. The number of nitrogens with zero attached hydrogens (tertiary/aromatic N) is 2. The monoisotopic (exact) mass is 491 g/mol. The fourth-order valence-corrected chi connectivity index (χ4v) is 4.47. The predicted octanol–water partition coefficient (Wildman–Crippen LogP) is -0.358. The molecule has 7 N–H and O–H groups in total. The van der Waals surface area contributed by atoms with Crippen LogP contribution in [0.15, 0.2) is 63.3 Å². The number of aliphatic hydroxyl groups excluding tert-OH is 5. The van der Waals surface area contributed by atoms with Gasteiger partial charge < -0.3 is 40.9 Å². The molecule has 1 fully saturated rings. The fraction of sp³-hybridized carbons (Fsp3) is 0.391. The highest BCUT2D eigenvalue weighted by atomic mass is 32.2. The first-order chi connectivity index (χ1) is 16.3. The van der Waals surface area contributed by atoms with Crippen molar-refractivity contribution in [2.45, 2.75) is 34.2 Å². The standard InChI is InChI=1S/C17H17N3S.C6H12O7/c1-3-7-15-13(5-1)17(20-11-9-18-10-12-20)19-14-6-2-4-8-16(14)21-15;7-1-2(8)3(9)4(10)5(11)6(12)13/h1-8,18H,9-12H2;2-5,7-11H,1H2,(H,12,13)/t;2-,3+,4+,5+/m.0/s1. The summed E-state index contributed by atoms with van der Waals surface area (Å²) >= 11 is 1.81. The zero-order chi connectivity index (χ0) is 24.7. The van der Waals surface area contributed by atoms with Gasteiger partial charge in [-0.3, -0.25) is 0 Å². The molecule has 2 aromatic carbocycles. The summed E-state index contributed by atoms with van der Waals surface area (Å²) in [6.45, 7) is 3.23. The van der Waals surface area contributed by atoms with Gasteiger partial charge in [0.25, 0.3) is 0 Å². The van der Waals surface area contributed by atoms with E-state index in [9.17, 15) is 4.79 Å². The van der Waals surface area contributed by atoms with Crippen molar-refractivity contribution in [3.05, 3.63) is 54.1 Å². The van der Waals surface area contributed by atoms with Crippen LogP contribution in [0.4, 0.5) is 5.69 Å². The summed E-state index contributed by atoms with van der Waals surface area (Å²) in [6.07, 6.45) is -7.84. The highest BCUT2D eigenvalue weighted by Crippen LogP contribution is 2.40. The van der Waals surface area contributed by atoms with Gasteiger partial charge in [0.1, 0.15) is 24.1 Å². The van der Waals surface area contributed by atoms with Crippen LogP contribution in [0.3, 0.4) is 0 Å². The van der Waals surface area contributed by atoms with Crippen LogP contribution in [0.1, 0.15) is 5.56 Å². The van der Waals surface area contributed by atoms with E-state index in [1.54, 1.807) is 0 Å². The van der Waals surface area contributed by atoms with Gasteiger partial charge in [-0.05, 0) is 18.2 Å². The van der Waals surface area contributed by atoms with Gasteiger partial charge in [-0.1, -0.05) is 42.1 Å². The van der Waals surface area contributed by atoms with Gasteiger partial charge in [0.15, 0.2) is 6.10 Å². The van der Waals surface area contributed by atoms with Crippen molar-refractivity contribution < 1.29 is 35.4 Å². The number of carbonyl (C=O) groups is 1. The molecule has 4 atom stereocenters. The molecule has 10 nitrogen and oxygen atoms in total. The number of hydrogen-bond acceptors (Lipinski definition) is 10. The molecule has 0 unspecified atom stereocenters. The first-order valence-corrected chi connectivity index (χ1v) is 11.6. The van der Waals surface area contributed by atoms with E-state index in [1.807, 2.05) is 11.8 Å². The van der Waals surface area contributed by atoms with Crippen molar-refractivity contribution in [1.29, 1.82) is 0 Å². The number of carboxylic acids is 1. The second kappa shape index (κ2) is 12.3. The average molecular weight is 492 g/mol. The number of fused-ring (bicyclic) bond motifs is 2. The van der Waals surface area contributed by atoms with E-state index in [0.717, 1.165) is 37.7 Å². The molecule has 0 bridgehead atoms. The van der Waals surface area contributed by atoms with Gasteiger partial charge in [-0.2, -0.15) is 0 Å². The summed E-state index contributed by atoms with van der Waals surface area (Å²) in [5.41, 5.74) is 2.33. The van der Waals surface area contributed by atoms with Crippen molar-refractivity contribution >= 4 is 29.3 Å². The maximum Gasteiger partial charge on any atom is 0.335 e. The zero-order valence-corrected chi connectivity index (χ0v) is 19.2. The van der Waals surface area contributed by atoms with E-state index in [0.29, 0.717) is 0 Å². The number of hydrogen-bond donors (Lipinski definition) is 7. The second-order valence-electron chi connectivity index (χ2n) is 7.75. The predicted molar refractivity (Wildman–Crippen MR) is 126 cm³/mol. The first kappa shape index (κ1) is 26.1. The molecule has 34 heavy (non-hydrogen) atoms. The third kappa shape index (κ3) is 6.33. The number of para-hydroxylation sites is 1. The largest absolute Gasteiger partial charge is 0.479 e. The summed E-state index contributed by atoms with van der Waals surface area (Å²) in [4.78, 5) is 20.0. The molecule has 1 saturated heterocycles. The molecule has 0 spiro atoms. The van der Waals surface area contributed by atoms with Crippen LogP contribution in [0.5, 0.6) is 0 Å². The van der Waals surface area contributed by atoms with Gasteiger partial charge in [-0.15, -0.1) is 0 Å². The van der Waals surface area contributed by atoms with Crippen molar-refractivity contribution in [3.8, 4) is 0 Å². The Bertz CT molecular complexity index is 1000. The van der Waals surface area contributed by atoms with E-state index in [2.05, 4.69) is 58.7 Å². The number of aliphatic hydroxyl groups is 5. The molecule has 184 valence electrons. The Morgan fingerprint density at radius 3 is 2.24 bits per heavy atom. The Morgan fingerprint density at radius 2 is 1.59 bits per heavy atom. The molecule has 2 aliphatic rings. The van der Waals surface area contributed by atoms with Crippen LogP contribution >= 0.6 is 11.8 Å². The molecule has 4 rings (SSSR count). The van der Waals surface area contributed by atoms with Gasteiger partial charge in [0, 0.05) is 41.5 Å². The van der Waals surface area contributed by atoms with E-state index in [4.69, 9.17) is 35.6 Å². The van der Waals surface area contributed by atoms with Gasteiger partial charge >= 0.3 is 5.97 Å². The van der Waals surface area contributed by atoms with Gasteiger partial charge in [-0.25, -0.2) is 9.79 Å². The Hall–Kier alpha value is -2.51. The highest BCUT2D eigenvalue weighted by molar-refractivity contribution is 7.99. The summed E-state index contributed by atoms with van der Waals surface area (Å²) < 4.78 is 0. The quantitative estimate of drug-likeness (QED) is 0.294. The molecule has 0 saturated carbocycles. The van der Waals surface area contributed by atoms with Crippen LogP contribution < -0.4 is 5.32 Å². The van der Waals surface area contributed by atoms with Gasteiger partial charge in [0.05, 0.1) is 12.3 Å². The molecular weight excluding hydrogens is 462 g/mol. The Morgan fingerprint density at radius 1 is 0.971 bits per heavy atom.